The van der Waals surface area contributed by atoms with Gasteiger partial charge >= 0.3 is 0 Å². The van der Waals surface area contributed by atoms with E-state index in [9.17, 15) is 9.59 Å². The number of rotatable bonds is 9. The van der Waals surface area contributed by atoms with Crippen molar-refractivity contribution in [2.75, 3.05) is 11.9 Å². The Labute approximate surface area is 220 Å². The fourth-order valence-corrected chi connectivity index (χ4v) is 4.12. The van der Waals surface area contributed by atoms with E-state index in [-0.39, 0.29) is 17.5 Å². The average Bonchev–Trinajstić information content (AvgIpc) is 3.33. The van der Waals surface area contributed by atoms with Gasteiger partial charge in [0.2, 0.25) is 0 Å². The summed E-state index contributed by atoms with van der Waals surface area (Å²) in [7, 11) is 0. The van der Waals surface area contributed by atoms with Gasteiger partial charge in [-0.1, -0.05) is 35.3 Å². The monoisotopic (exact) mass is 539 g/mol. The summed E-state index contributed by atoms with van der Waals surface area (Å²) in [5.41, 5.74) is 11.2. The van der Waals surface area contributed by atoms with Gasteiger partial charge in [-0.15, -0.1) is 11.3 Å². The molecule has 0 atom stereocenters. The first-order chi connectivity index (χ1) is 17.4. The molecule has 4 rings (SSSR count). The zero-order valence-electron chi connectivity index (χ0n) is 18.6. The maximum Gasteiger partial charge on any atom is 0.271 e. The third-order valence-corrected chi connectivity index (χ3v) is 6.05. The average molecular weight is 540 g/mol. The molecule has 0 aliphatic heterocycles. The van der Waals surface area contributed by atoms with Crippen LogP contribution >= 0.6 is 34.5 Å². The zero-order valence-corrected chi connectivity index (χ0v) is 20.9. The van der Waals surface area contributed by atoms with Crippen molar-refractivity contribution in [3.05, 3.63) is 93.3 Å². The first-order valence-corrected chi connectivity index (χ1v) is 12.1. The fraction of sp³-hybridized carbons (Fsp3) is 0.0400. The number of thiazole rings is 1. The highest BCUT2D eigenvalue weighted by molar-refractivity contribution is 7.14. The summed E-state index contributed by atoms with van der Waals surface area (Å²) >= 11 is 13.5. The van der Waals surface area contributed by atoms with Gasteiger partial charge < -0.3 is 15.8 Å². The van der Waals surface area contributed by atoms with Crippen LogP contribution in [0.5, 0.6) is 5.75 Å². The number of anilines is 2. The Kier molecular flexibility index (Phi) is 8.17. The number of ether oxygens (including phenoxy) is 1. The lowest BCUT2D eigenvalue weighted by Crippen LogP contribution is -2.20. The number of hydrazone groups is 1. The highest BCUT2D eigenvalue weighted by atomic mass is 35.5. The second kappa shape index (κ2) is 11.7. The second-order valence-corrected chi connectivity index (χ2v) is 9.09. The summed E-state index contributed by atoms with van der Waals surface area (Å²) in [6, 6.07) is 19.3. The van der Waals surface area contributed by atoms with Crippen LogP contribution < -0.4 is 21.2 Å². The van der Waals surface area contributed by atoms with Gasteiger partial charge in [0.25, 0.3) is 11.8 Å². The van der Waals surface area contributed by atoms with Gasteiger partial charge in [-0.2, -0.15) is 5.10 Å². The van der Waals surface area contributed by atoms with Crippen LogP contribution in [-0.4, -0.2) is 29.6 Å². The van der Waals surface area contributed by atoms with Gasteiger partial charge in [-0.3, -0.25) is 9.59 Å². The molecule has 0 radical (unpaired) electrons. The summed E-state index contributed by atoms with van der Waals surface area (Å²) in [6.07, 6.45) is 1.44. The lowest BCUT2D eigenvalue weighted by Gasteiger charge is -2.06. The molecule has 36 heavy (non-hydrogen) atoms. The fourth-order valence-electron chi connectivity index (χ4n) is 3.01. The molecule has 2 amide bonds. The number of aromatic nitrogens is 1. The van der Waals surface area contributed by atoms with Crippen LogP contribution in [-0.2, 0) is 4.79 Å². The van der Waals surface area contributed by atoms with Crippen LogP contribution in [0.4, 0.5) is 10.8 Å². The van der Waals surface area contributed by atoms with Crippen LogP contribution in [0.3, 0.4) is 0 Å². The first kappa shape index (κ1) is 25.2. The number of carbonyl (C=O) groups is 2. The highest BCUT2D eigenvalue weighted by Gasteiger charge is 2.09. The Morgan fingerprint density at radius 3 is 2.50 bits per heavy atom. The number of primary amides is 1. The normalized spacial score (nSPS) is 10.8. The van der Waals surface area contributed by atoms with Gasteiger partial charge in [0.1, 0.15) is 5.75 Å². The van der Waals surface area contributed by atoms with Crippen molar-refractivity contribution in [1.82, 2.24) is 10.4 Å². The molecule has 0 saturated carbocycles. The number of nitrogens with two attached hydrogens (primary N) is 1. The van der Waals surface area contributed by atoms with E-state index in [0.29, 0.717) is 21.9 Å². The summed E-state index contributed by atoms with van der Waals surface area (Å²) < 4.78 is 5.19. The zero-order chi connectivity index (χ0) is 25.5. The van der Waals surface area contributed by atoms with Crippen molar-refractivity contribution in [2.24, 2.45) is 10.8 Å². The van der Waals surface area contributed by atoms with Crippen molar-refractivity contribution in [1.29, 1.82) is 0 Å². The molecule has 1 heterocycles. The topological polar surface area (TPSA) is 119 Å². The lowest BCUT2D eigenvalue weighted by molar-refractivity contribution is -0.119. The third kappa shape index (κ3) is 6.82. The number of halogens is 2. The van der Waals surface area contributed by atoms with Gasteiger partial charge in [0.05, 0.1) is 16.9 Å². The number of amides is 2. The summed E-state index contributed by atoms with van der Waals surface area (Å²) in [5, 5.41) is 10.8. The highest BCUT2D eigenvalue weighted by Crippen LogP contribution is 2.28. The van der Waals surface area contributed by atoms with Gasteiger partial charge in [-0.25, -0.2) is 10.4 Å². The van der Waals surface area contributed by atoms with Crippen molar-refractivity contribution in [3.63, 3.8) is 0 Å². The summed E-state index contributed by atoms with van der Waals surface area (Å²) in [6.45, 7) is -0.272. The second-order valence-electron chi connectivity index (χ2n) is 7.39. The standard InChI is InChI=1S/C25H19Cl2N5O3S/c26-18-6-8-19(9-7-18)30-25-31-21(14-36-25)16-2-4-17(5-3-16)24(34)32-29-12-15-1-10-22(20(27)11-15)35-13-23(28)33/h1-12,14H,13H2,(H2,28,33)(H,30,31)(H,32,34)/b29-12-. The Morgan fingerprint density at radius 1 is 1.06 bits per heavy atom. The summed E-state index contributed by atoms with van der Waals surface area (Å²) in [4.78, 5) is 27.9. The van der Waals surface area contributed by atoms with E-state index in [1.807, 2.05) is 29.6 Å². The molecule has 0 fully saturated rings. The quantitative estimate of drug-likeness (QED) is 0.192. The van der Waals surface area contributed by atoms with E-state index in [2.05, 4.69) is 20.8 Å². The molecule has 1 aromatic heterocycles. The predicted molar refractivity (Wildman–Crippen MR) is 143 cm³/mol. The number of benzene rings is 3. The number of nitrogens with zero attached hydrogens (tertiary/aromatic N) is 2. The molecular formula is C25H19Cl2N5O3S. The molecular weight excluding hydrogens is 521 g/mol. The van der Waals surface area contributed by atoms with Crippen molar-refractivity contribution < 1.29 is 14.3 Å². The third-order valence-electron chi connectivity index (χ3n) is 4.75. The number of nitrogens with one attached hydrogen (secondary N) is 2. The van der Waals surface area contributed by atoms with Crippen LogP contribution in [0, 0.1) is 0 Å². The van der Waals surface area contributed by atoms with E-state index in [1.165, 1.54) is 17.6 Å². The van der Waals surface area contributed by atoms with E-state index >= 15 is 0 Å². The molecule has 0 saturated heterocycles. The number of hydrogen-bond donors (Lipinski definition) is 3. The van der Waals surface area contributed by atoms with E-state index < -0.39 is 5.91 Å². The van der Waals surface area contributed by atoms with Crippen LogP contribution in [0.25, 0.3) is 11.3 Å². The number of hydrogen-bond acceptors (Lipinski definition) is 7. The van der Waals surface area contributed by atoms with E-state index in [1.54, 1.807) is 42.5 Å². The Balaban J connectivity index is 1.33. The summed E-state index contributed by atoms with van der Waals surface area (Å²) in [5.74, 6) is -0.645. The van der Waals surface area contributed by atoms with Crippen LogP contribution in [0.15, 0.2) is 77.2 Å². The van der Waals surface area contributed by atoms with Gasteiger partial charge in [0.15, 0.2) is 11.7 Å². The largest absolute Gasteiger partial charge is 0.482 e. The molecule has 0 bridgehead atoms. The Hall–Kier alpha value is -3.92. The molecule has 0 spiro atoms. The molecule has 8 nitrogen and oxygen atoms in total. The molecule has 0 aliphatic carbocycles. The molecule has 0 unspecified atom stereocenters. The number of carbonyl (C=O) groups excluding carboxylic acids is 2. The van der Waals surface area contributed by atoms with E-state index in [4.69, 9.17) is 33.7 Å². The van der Waals surface area contributed by atoms with E-state index in [0.717, 1.165) is 22.1 Å². The molecule has 0 aliphatic rings. The Bertz CT molecular complexity index is 1410. The molecule has 4 aromatic rings. The Morgan fingerprint density at radius 2 is 1.81 bits per heavy atom. The predicted octanol–water partition coefficient (Wildman–Crippen LogP) is 5.49. The first-order valence-electron chi connectivity index (χ1n) is 10.5. The van der Waals surface area contributed by atoms with Crippen molar-refractivity contribution >= 4 is 63.4 Å². The van der Waals surface area contributed by atoms with Crippen LogP contribution in [0.1, 0.15) is 15.9 Å². The molecule has 4 N–H and O–H groups in total. The lowest BCUT2D eigenvalue weighted by atomic mass is 10.1. The SMILES string of the molecule is NC(=O)COc1ccc(/C=N\NC(=O)c2ccc(-c3csc(Nc4ccc(Cl)cc4)n3)cc2)cc1Cl. The van der Waals surface area contributed by atoms with Crippen molar-refractivity contribution in [2.45, 2.75) is 0 Å². The molecule has 11 heteroatoms. The maximum absolute atomic E-state index is 12.4. The van der Waals surface area contributed by atoms with Gasteiger partial charge in [0, 0.05) is 27.2 Å². The minimum atomic E-state index is -0.602. The van der Waals surface area contributed by atoms with Gasteiger partial charge in [-0.05, 0) is 60.2 Å². The van der Waals surface area contributed by atoms with Crippen LogP contribution in [0.2, 0.25) is 10.0 Å². The van der Waals surface area contributed by atoms with Crippen molar-refractivity contribution in [3.8, 4) is 17.0 Å². The minimum absolute atomic E-state index is 0.272. The molecule has 3 aromatic carbocycles. The maximum atomic E-state index is 12.4. The smallest absolute Gasteiger partial charge is 0.271 e. The molecule has 182 valence electrons. The minimum Gasteiger partial charge on any atom is -0.482 e.